The van der Waals surface area contributed by atoms with Gasteiger partial charge in [-0.1, -0.05) is 17.3 Å². The van der Waals surface area contributed by atoms with Crippen LogP contribution in [0.2, 0.25) is 0 Å². The van der Waals surface area contributed by atoms with Gasteiger partial charge in [0.25, 0.3) is 0 Å². The van der Waals surface area contributed by atoms with Crippen molar-refractivity contribution in [1.29, 1.82) is 0 Å². The van der Waals surface area contributed by atoms with Gasteiger partial charge in [0.15, 0.2) is 0 Å². The van der Waals surface area contributed by atoms with Crippen LogP contribution in [0.3, 0.4) is 0 Å². The lowest BCUT2D eigenvalue weighted by molar-refractivity contribution is 0.0824. The lowest BCUT2D eigenvalue weighted by atomic mass is 10.0. The Hall–Kier alpha value is -1.68. The van der Waals surface area contributed by atoms with Gasteiger partial charge in [-0.05, 0) is 32.7 Å². The largest absolute Gasteiger partial charge is 0.465 e. The van der Waals surface area contributed by atoms with E-state index in [9.17, 15) is 9.90 Å². The van der Waals surface area contributed by atoms with Gasteiger partial charge in [-0.25, -0.2) is 4.79 Å². The lowest BCUT2D eigenvalue weighted by Crippen LogP contribution is -2.50. The summed E-state index contributed by atoms with van der Waals surface area (Å²) >= 11 is 0. The van der Waals surface area contributed by atoms with Crippen molar-refractivity contribution in [2.75, 3.05) is 0 Å². The summed E-state index contributed by atoms with van der Waals surface area (Å²) in [5.74, 6) is 0. The molecule has 0 aromatic carbocycles. The van der Waals surface area contributed by atoms with Crippen molar-refractivity contribution in [3.63, 3.8) is 0 Å². The van der Waals surface area contributed by atoms with Crippen LogP contribution in [0, 0.1) is 0 Å². The molecule has 88 valence electrons. The molecule has 0 radical (unpaired) electrons. The van der Waals surface area contributed by atoms with Gasteiger partial charge in [-0.2, -0.15) is 0 Å². The summed E-state index contributed by atoms with van der Waals surface area (Å²) in [6.45, 7) is 5.53. The van der Waals surface area contributed by atoms with Crippen LogP contribution >= 0.6 is 0 Å². The highest BCUT2D eigenvalue weighted by atomic mass is 16.4. The van der Waals surface area contributed by atoms with Crippen molar-refractivity contribution < 1.29 is 9.90 Å². The summed E-state index contributed by atoms with van der Waals surface area (Å²) in [6.07, 6.45) is 3.11. The maximum absolute atomic E-state index is 11.2. The molecule has 0 aromatic rings. The number of nitrogens with zero attached hydrogens (tertiary/aromatic N) is 4. The fourth-order valence-electron chi connectivity index (χ4n) is 1.93. The van der Waals surface area contributed by atoms with Crippen LogP contribution in [0.15, 0.2) is 17.3 Å². The molecular weight excluding hydrogens is 208 g/mol. The van der Waals surface area contributed by atoms with Gasteiger partial charge in [0.05, 0.1) is 12.1 Å². The molecule has 0 aliphatic heterocycles. The Morgan fingerprint density at radius 2 is 2.19 bits per heavy atom. The number of carboxylic acid groups (broad SMARTS) is 1. The number of rotatable bonds is 2. The van der Waals surface area contributed by atoms with Gasteiger partial charge in [0.1, 0.15) is 0 Å². The van der Waals surface area contributed by atoms with Crippen LogP contribution < -0.4 is 0 Å². The Labute approximate surface area is 94.2 Å². The van der Waals surface area contributed by atoms with Crippen LogP contribution in [0.25, 0.3) is 10.4 Å². The molecule has 1 rings (SSSR count). The molecule has 0 aromatic heterocycles. The van der Waals surface area contributed by atoms with Crippen molar-refractivity contribution in [1.82, 2.24) is 4.90 Å². The fraction of sp³-hybridized carbons (Fsp3) is 0.700. The smallest absolute Gasteiger partial charge is 0.408 e. The van der Waals surface area contributed by atoms with Crippen molar-refractivity contribution in [2.24, 2.45) is 5.11 Å². The van der Waals surface area contributed by atoms with E-state index in [0.29, 0.717) is 6.42 Å². The Morgan fingerprint density at radius 1 is 1.56 bits per heavy atom. The van der Waals surface area contributed by atoms with E-state index in [4.69, 9.17) is 5.53 Å². The molecule has 0 spiro atoms. The normalized spacial score (nSPS) is 23.9. The van der Waals surface area contributed by atoms with E-state index in [2.05, 4.69) is 10.0 Å². The standard InChI is InChI=1S/C10H16N4O2/c1-10(2,3)14(9(15)16)8-5-4-7(6-8)12-13-11/h4-5,7-8H,6H2,1-3H3,(H,15,16)/t7-,8-/m0/s1. The molecule has 0 unspecified atom stereocenters. The zero-order valence-electron chi connectivity index (χ0n) is 9.66. The van der Waals surface area contributed by atoms with Crippen LogP contribution in [0.5, 0.6) is 0 Å². The summed E-state index contributed by atoms with van der Waals surface area (Å²) in [6, 6.07) is -0.452. The number of hydrogen-bond donors (Lipinski definition) is 1. The topological polar surface area (TPSA) is 89.3 Å². The van der Waals surface area contributed by atoms with Crippen molar-refractivity contribution >= 4 is 6.09 Å². The molecule has 2 atom stereocenters. The maximum atomic E-state index is 11.2. The quantitative estimate of drug-likeness (QED) is 0.338. The summed E-state index contributed by atoms with van der Waals surface area (Å²) in [7, 11) is 0. The van der Waals surface area contributed by atoms with Gasteiger partial charge >= 0.3 is 6.09 Å². The molecule has 1 aliphatic carbocycles. The SMILES string of the molecule is CC(C)(C)N(C(=O)O)[C@H]1C=C[C@H](N=[N+]=[N-])C1. The predicted molar refractivity (Wildman–Crippen MR) is 60.1 cm³/mol. The Bertz CT molecular complexity index is 352. The predicted octanol–water partition coefficient (Wildman–Crippen LogP) is 2.77. The molecule has 6 nitrogen and oxygen atoms in total. The fourth-order valence-corrected chi connectivity index (χ4v) is 1.93. The number of azide groups is 1. The molecular formula is C10H16N4O2. The highest BCUT2D eigenvalue weighted by Crippen LogP contribution is 2.26. The molecule has 0 saturated heterocycles. The van der Waals surface area contributed by atoms with Gasteiger partial charge in [0.2, 0.25) is 0 Å². The Morgan fingerprint density at radius 3 is 2.62 bits per heavy atom. The van der Waals surface area contributed by atoms with Gasteiger partial charge in [-0.15, -0.1) is 0 Å². The minimum Gasteiger partial charge on any atom is -0.465 e. The first-order chi connectivity index (χ1) is 7.36. The van der Waals surface area contributed by atoms with E-state index in [1.54, 1.807) is 12.2 Å². The maximum Gasteiger partial charge on any atom is 0.408 e. The summed E-state index contributed by atoms with van der Waals surface area (Å²) in [4.78, 5) is 15.3. The van der Waals surface area contributed by atoms with Gasteiger partial charge in [-0.3, -0.25) is 4.90 Å². The Balaban J connectivity index is 2.81. The average Bonchev–Trinajstić information content (AvgIpc) is 2.50. The van der Waals surface area contributed by atoms with Gasteiger partial charge in [0, 0.05) is 10.5 Å². The van der Waals surface area contributed by atoms with Crippen LogP contribution in [0.1, 0.15) is 27.2 Å². The molecule has 0 saturated carbocycles. The second kappa shape index (κ2) is 4.45. The molecule has 1 N–H and O–H groups in total. The number of hydrogen-bond acceptors (Lipinski definition) is 2. The second-order valence-corrected chi connectivity index (χ2v) is 4.78. The van der Waals surface area contributed by atoms with Crippen molar-refractivity contribution in [3.05, 3.63) is 22.6 Å². The minimum atomic E-state index is -0.955. The highest BCUT2D eigenvalue weighted by Gasteiger charge is 2.34. The molecule has 1 aliphatic rings. The van der Waals surface area contributed by atoms with E-state index >= 15 is 0 Å². The monoisotopic (exact) mass is 224 g/mol. The highest BCUT2D eigenvalue weighted by molar-refractivity contribution is 5.67. The average molecular weight is 224 g/mol. The van der Waals surface area contributed by atoms with E-state index in [-0.39, 0.29) is 12.1 Å². The summed E-state index contributed by atoms with van der Waals surface area (Å²) in [5, 5.41) is 12.7. The number of carbonyl (C=O) groups is 1. The van der Waals surface area contributed by atoms with Crippen LogP contribution in [-0.4, -0.2) is 33.7 Å². The lowest BCUT2D eigenvalue weighted by Gasteiger charge is -2.37. The Kier molecular flexibility index (Phi) is 3.44. The minimum absolute atomic E-state index is 0.215. The zero-order valence-corrected chi connectivity index (χ0v) is 9.66. The molecule has 16 heavy (non-hydrogen) atoms. The first-order valence-corrected chi connectivity index (χ1v) is 5.11. The van der Waals surface area contributed by atoms with E-state index in [1.807, 2.05) is 20.8 Å². The van der Waals surface area contributed by atoms with E-state index in [0.717, 1.165) is 0 Å². The molecule has 0 heterocycles. The molecule has 1 amide bonds. The first-order valence-electron chi connectivity index (χ1n) is 5.11. The third-order valence-corrected chi connectivity index (χ3v) is 2.50. The first kappa shape index (κ1) is 12.4. The van der Waals surface area contributed by atoms with E-state index in [1.165, 1.54) is 4.90 Å². The molecule has 0 bridgehead atoms. The zero-order chi connectivity index (χ0) is 12.3. The van der Waals surface area contributed by atoms with Crippen molar-refractivity contribution in [2.45, 2.75) is 44.8 Å². The van der Waals surface area contributed by atoms with Crippen LogP contribution in [-0.2, 0) is 0 Å². The summed E-state index contributed by atoms with van der Waals surface area (Å²) in [5.41, 5.74) is 7.85. The molecule has 6 heteroatoms. The van der Waals surface area contributed by atoms with Crippen molar-refractivity contribution in [3.8, 4) is 0 Å². The number of amides is 1. The third kappa shape index (κ3) is 2.67. The molecule has 0 fully saturated rings. The third-order valence-electron chi connectivity index (χ3n) is 2.50. The van der Waals surface area contributed by atoms with Crippen LogP contribution in [0.4, 0.5) is 4.79 Å². The van der Waals surface area contributed by atoms with Gasteiger partial charge < -0.3 is 5.11 Å². The van der Waals surface area contributed by atoms with E-state index < -0.39 is 11.6 Å². The summed E-state index contributed by atoms with van der Waals surface area (Å²) < 4.78 is 0. The second-order valence-electron chi connectivity index (χ2n) is 4.78.